The number of nitrogens with one attached hydrogen (secondary N) is 1. The highest BCUT2D eigenvalue weighted by Crippen LogP contribution is 2.16. The number of hydrogen-bond donors (Lipinski definition) is 2. The van der Waals surface area contributed by atoms with E-state index in [-0.39, 0.29) is 11.3 Å². The number of benzene rings is 2. The fraction of sp³-hybridized carbons (Fsp3) is 0. The number of para-hydroxylation sites is 2. The van der Waals surface area contributed by atoms with Crippen LogP contribution in [0.4, 0.5) is 10.5 Å². The van der Waals surface area contributed by atoms with Gasteiger partial charge in [-0.15, -0.1) is 0 Å². The standard InChI is InChI=1S/C14H11NO4/c16-13(17)11-8-4-5-9-12(11)15-14(18)19-10-6-2-1-3-7-10/h1-9H,(H,15,18)(H,16,17). The van der Waals surface area contributed by atoms with E-state index in [9.17, 15) is 9.59 Å². The molecule has 5 nitrogen and oxygen atoms in total. The molecular formula is C14H11NO4. The Morgan fingerprint density at radius 2 is 1.58 bits per heavy atom. The average Bonchev–Trinajstić information content (AvgIpc) is 2.40. The first-order chi connectivity index (χ1) is 9.16. The van der Waals surface area contributed by atoms with Gasteiger partial charge in [0.05, 0.1) is 11.3 Å². The number of hydrogen-bond acceptors (Lipinski definition) is 3. The van der Waals surface area contributed by atoms with Crippen LogP contribution in [0, 0.1) is 0 Å². The molecule has 0 unspecified atom stereocenters. The van der Waals surface area contributed by atoms with Crippen molar-refractivity contribution in [2.24, 2.45) is 0 Å². The summed E-state index contributed by atoms with van der Waals surface area (Å²) in [6.07, 6.45) is -0.736. The number of rotatable bonds is 3. The van der Waals surface area contributed by atoms with Crippen molar-refractivity contribution in [2.75, 3.05) is 5.32 Å². The molecule has 19 heavy (non-hydrogen) atoms. The van der Waals surface area contributed by atoms with Gasteiger partial charge in [0.25, 0.3) is 0 Å². The summed E-state index contributed by atoms with van der Waals surface area (Å²) < 4.78 is 5.01. The zero-order valence-electron chi connectivity index (χ0n) is 9.87. The van der Waals surface area contributed by atoms with E-state index >= 15 is 0 Å². The van der Waals surface area contributed by atoms with Gasteiger partial charge in [0, 0.05) is 0 Å². The number of anilines is 1. The van der Waals surface area contributed by atoms with E-state index in [2.05, 4.69) is 5.32 Å². The SMILES string of the molecule is O=C(Nc1ccccc1C(=O)O)Oc1ccccc1. The summed E-state index contributed by atoms with van der Waals surface area (Å²) in [4.78, 5) is 22.6. The van der Waals surface area contributed by atoms with E-state index in [1.54, 1.807) is 42.5 Å². The van der Waals surface area contributed by atoms with Crippen LogP contribution in [0.2, 0.25) is 0 Å². The predicted molar refractivity (Wildman–Crippen MR) is 69.5 cm³/mol. The molecule has 96 valence electrons. The van der Waals surface area contributed by atoms with Gasteiger partial charge in [-0.2, -0.15) is 0 Å². The van der Waals surface area contributed by atoms with E-state index in [1.807, 2.05) is 0 Å². The molecule has 0 fully saturated rings. The summed E-state index contributed by atoms with van der Waals surface area (Å²) in [5.74, 6) is -0.733. The molecule has 0 saturated heterocycles. The molecule has 2 N–H and O–H groups in total. The Kier molecular flexibility index (Phi) is 3.78. The molecule has 0 spiro atoms. The first-order valence-electron chi connectivity index (χ1n) is 5.53. The van der Waals surface area contributed by atoms with E-state index in [0.29, 0.717) is 5.75 Å². The summed E-state index contributed by atoms with van der Waals surface area (Å²) >= 11 is 0. The van der Waals surface area contributed by atoms with Crippen molar-refractivity contribution in [3.63, 3.8) is 0 Å². The van der Waals surface area contributed by atoms with Gasteiger partial charge in [-0.25, -0.2) is 9.59 Å². The molecule has 0 bridgehead atoms. The van der Waals surface area contributed by atoms with Crippen LogP contribution < -0.4 is 10.1 Å². The van der Waals surface area contributed by atoms with Crippen LogP contribution in [0.5, 0.6) is 5.75 Å². The lowest BCUT2D eigenvalue weighted by Crippen LogP contribution is -2.18. The Bertz CT molecular complexity index is 595. The molecule has 0 aliphatic heterocycles. The number of amides is 1. The van der Waals surface area contributed by atoms with Crippen LogP contribution in [0.15, 0.2) is 54.6 Å². The molecule has 1 amide bonds. The number of carboxylic acids is 1. The summed E-state index contributed by atoms with van der Waals surface area (Å²) in [6.45, 7) is 0. The molecule has 0 aliphatic rings. The molecule has 0 saturated carbocycles. The second kappa shape index (κ2) is 5.68. The molecule has 0 aliphatic carbocycles. The maximum Gasteiger partial charge on any atom is 0.417 e. The molecule has 2 aromatic carbocycles. The first kappa shape index (κ1) is 12.6. The predicted octanol–water partition coefficient (Wildman–Crippen LogP) is 3.00. The molecule has 2 aromatic rings. The highest BCUT2D eigenvalue weighted by molar-refractivity contribution is 5.99. The van der Waals surface area contributed by atoms with Crippen molar-refractivity contribution in [1.29, 1.82) is 0 Å². The van der Waals surface area contributed by atoms with Crippen molar-refractivity contribution in [2.45, 2.75) is 0 Å². The van der Waals surface area contributed by atoms with Gasteiger partial charge in [-0.1, -0.05) is 30.3 Å². The van der Waals surface area contributed by atoms with Crippen molar-refractivity contribution < 1.29 is 19.4 Å². The molecule has 5 heteroatoms. The average molecular weight is 257 g/mol. The monoisotopic (exact) mass is 257 g/mol. The lowest BCUT2D eigenvalue weighted by atomic mass is 10.2. The van der Waals surface area contributed by atoms with Crippen molar-refractivity contribution in [1.82, 2.24) is 0 Å². The largest absolute Gasteiger partial charge is 0.478 e. The second-order valence-electron chi connectivity index (χ2n) is 3.68. The molecule has 0 heterocycles. The maximum atomic E-state index is 11.6. The summed E-state index contributed by atoms with van der Waals surface area (Å²) in [7, 11) is 0. The third-order valence-corrected chi connectivity index (χ3v) is 2.35. The molecule has 0 atom stereocenters. The highest BCUT2D eigenvalue weighted by Gasteiger charge is 2.12. The van der Waals surface area contributed by atoms with Crippen LogP contribution in [0.1, 0.15) is 10.4 Å². The summed E-state index contributed by atoms with van der Waals surface area (Å²) in [5.41, 5.74) is 0.198. The zero-order valence-corrected chi connectivity index (χ0v) is 9.87. The fourth-order valence-electron chi connectivity index (χ4n) is 1.51. The number of carboxylic acid groups (broad SMARTS) is 1. The Morgan fingerprint density at radius 3 is 2.26 bits per heavy atom. The van der Waals surface area contributed by atoms with Crippen LogP contribution in [0.3, 0.4) is 0 Å². The van der Waals surface area contributed by atoms with Gasteiger partial charge in [0.2, 0.25) is 0 Å². The van der Waals surface area contributed by atoms with Crippen LogP contribution in [-0.4, -0.2) is 17.2 Å². The van der Waals surface area contributed by atoms with Gasteiger partial charge in [0.15, 0.2) is 0 Å². The summed E-state index contributed by atoms with van der Waals surface area (Å²) in [5, 5.41) is 11.4. The molecule has 0 radical (unpaired) electrons. The van der Waals surface area contributed by atoms with Crippen LogP contribution in [0.25, 0.3) is 0 Å². The Balaban J connectivity index is 2.09. The second-order valence-corrected chi connectivity index (χ2v) is 3.68. The fourth-order valence-corrected chi connectivity index (χ4v) is 1.51. The third kappa shape index (κ3) is 3.32. The normalized spacial score (nSPS) is 9.68. The van der Waals surface area contributed by atoms with Crippen molar-refractivity contribution >= 4 is 17.7 Å². The van der Waals surface area contributed by atoms with Gasteiger partial charge >= 0.3 is 12.1 Å². The Labute approximate surface area is 109 Å². The highest BCUT2D eigenvalue weighted by atomic mass is 16.6. The lowest BCUT2D eigenvalue weighted by Gasteiger charge is -2.08. The Hall–Kier alpha value is -2.82. The van der Waals surface area contributed by atoms with Gasteiger partial charge in [0.1, 0.15) is 5.75 Å². The lowest BCUT2D eigenvalue weighted by molar-refractivity contribution is 0.0698. The number of carbonyl (C=O) groups excluding carboxylic acids is 1. The van der Waals surface area contributed by atoms with Crippen LogP contribution >= 0.6 is 0 Å². The van der Waals surface area contributed by atoms with Gasteiger partial charge in [-0.3, -0.25) is 5.32 Å². The van der Waals surface area contributed by atoms with E-state index in [4.69, 9.17) is 9.84 Å². The van der Waals surface area contributed by atoms with Gasteiger partial charge < -0.3 is 9.84 Å². The minimum Gasteiger partial charge on any atom is -0.478 e. The zero-order chi connectivity index (χ0) is 13.7. The number of ether oxygens (including phenoxy) is 1. The molecule has 0 aromatic heterocycles. The Morgan fingerprint density at radius 1 is 0.947 bits per heavy atom. The van der Waals surface area contributed by atoms with Crippen molar-refractivity contribution in [3.8, 4) is 5.75 Å². The van der Waals surface area contributed by atoms with Crippen LogP contribution in [-0.2, 0) is 0 Å². The summed E-state index contributed by atoms with van der Waals surface area (Å²) in [6, 6.07) is 14.6. The van der Waals surface area contributed by atoms with E-state index in [1.165, 1.54) is 12.1 Å². The topological polar surface area (TPSA) is 75.6 Å². The van der Waals surface area contributed by atoms with E-state index < -0.39 is 12.1 Å². The van der Waals surface area contributed by atoms with Crippen molar-refractivity contribution in [3.05, 3.63) is 60.2 Å². The van der Waals surface area contributed by atoms with Gasteiger partial charge in [-0.05, 0) is 24.3 Å². The first-order valence-corrected chi connectivity index (χ1v) is 5.53. The number of aromatic carboxylic acids is 1. The molecule has 2 rings (SSSR count). The van der Waals surface area contributed by atoms with E-state index in [0.717, 1.165) is 0 Å². The minimum absolute atomic E-state index is 0.00696. The smallest absolute Gasteiger partial charge is 0.417 e. The minimum atomic E-state index is -1.12. The third-order valence-electron chi connectivity index (χ3n) is 2.35. The quantitative estimate of drug-likeness (QED) is 0.886. The number of carbonyl (C=O) groups is 2. The molecular weight excluding hydrogens is 246 g/mol. The maximum absolute atomic E-state index is 11.6.